The molecule has 2 rings (SSSR count). The van der Waals surface area contributed by atoms with Gasteiger partial charge in [0.1, 0.15) is 24.1 Å². The Morgan fingerprint density at radius 2 is 2.00 bits per heavy atom. The van der Waals surface area contributed by atoms with Crippen LogP contribution in [0.4, 0.5) is 4.79 Å². The van der Waals surface area contributed by atoms with Gasteiger partial charge in [0.05, 0.1) is 13.7 Å². The first-order valence-electron chi connectivity index (χ1n) is 6.91. The second-order valence-corrected chi connectivity index (χ2v) is 5.19. The summed E-state index contributed by atoms with van der Waals surface area (Å²) < 4.78 is 10.6. The van der Waals surface area contributed by atoms with Crippen LogP contribution in [-0.4, -0.2) is 43.1 Å². The molecule has 1 saturated heterocycles. The predicted octanol–water partition coefficient (Wildman–Crippen LogP) is 1.65. The summed E-state index contributed by atoms with van der Waals surface area (Å²) in [5.41, 5.74) is 0. The molecule has 0 spiro atoms. The van der Waals surface area contributed by atoms with E-state index in [1.54, 1.807) is 19.2 Å². The van der Waals surface area contributed by atoms with Gasteiger partial charge in [-0.15, -0.1) is 0 Å². The Labute approximate surface area is 124 Å². The molecule has 0 saturated carbocycles. The minimum atomic E-state index is -0.436. The van der Waals surface area contributed by atoms with Gasteiger partial charge < -0.3 is 14.8 Å². The van der Waals surface area contributed by atoms with Crippen LogP contribution < -0.4 is 14.8 Å². The van der Waals surface area contributed by atoms with E-state index in [9.17, 15) is 9.59 Å². The van der Waals surface area contributed by atoms with Crippen molar-refractivity contribution in [2.24, 2.45) is 5.92 Å². The van der Waals surface area contributed by atoms with Crippen LogP contribution in [-0.2, 0) is 4.79 Å². The quantitative estimate of drug-likeness (QED) is 0.810. The Bertz CT molecular complexity index is 530. The van der Waals surface area contributed by atoms with Crippen molar-refractivity contribution in [3.05, 3.63) is 24.3 Å². The molecule has 0 aliphatic carbocycles. The van der Waals surface area contributed by atoms with Crippen molar-refractivity contribution in [2.75, 3.05) is 20.3 Å². The van der Waals surface area contributed by atoms with Gasteiger partial charge in [-0.1, -0.05) is 19.9 Å². The normalized spacial score (nSPS) is 18.1. The minimum Gasteiger partial charge on any atom is -0.497 e. The number of methoxy groups -OCH3 is 1. The Hall–Kier alpha value is -2.24. The van der Waals surface area contributed by atoms with E-state index in [4.69, 9.17) is 9.47 Å². The molecule has 1 aliphatic heterocycles. The first kappa shape index (κ1) is 15.2. The fraction of sp³-hybridized carbons (Fsp3) is 0.467. The molecule has 0 bridgehead atoms. The van der Waals surface area contributed by atoms with Crippen LogP contribution in [0.2, 0.25) is 0 Å². The third kappa shape index (κ3) is 3.45. The Balaban J connectivity index is 1.88. The highest BCUT2D eigenvalue weighted by molar-refractivity contribution is 6.04. The van der Waals surface area contributed by atoms with Crippen molar-refractivity contribution < 1.29 is 19.1 Å². The molecule has 6 nitrogen and oxygen atoms in total. The third-order valence-corrected chi connectivity index (χ3v) is 3.35. The first-order chi connectivity index (χ1) is 10.0. The summed E-state index contributed by atoms with van der Waals surface area (Å²) in [6.07, 6.45) is 0. The number of urea groups is 1. The van der Waals surface area contributed by atoms with E-state index in [0.717, 1.165) is 0 Å². The van der Waals surface area contributed by atoms with Gasteiger partial charge in [0.2, 0.25) is 0 Å². The van der Waals surface area contributed by atoms with Crippen molar-refractivity contribution in [3.63, 3.8) is 0 Å². The molecule has 1 aromatic rings. The lowest BCUT2D eigenvalue weighted by Crippen LogP contribution is -2.36. The summed E-state index contributed by atoms with van der Waals surface area (Å²) in [6.45, 7) is 4.28. The Kier molecular flexibility index (Phi) is 4.67. The van der Waals surface area contributed by atoms with Crippen LogP contribution in [0.25, 0.3) is 0 Å². The maximum absolute atomic E-state index is 12.1. The lowest BCUT2D eigenvalue weighted by molar-refractivity contribution is -0.128. The summed E-state index contributed by atoms with van der Waals surface area (Å²) in [5.74, 6) is 1.22. The summed E-state index contributed by atoms with van der Waals surface area (Å²) in [7, 11) is 1.58. The Morgan fingerprint density at radius 1 is 1.29 bits per heavy atom. The molecule has 0 unspecified atom stereocenters. The molecule has 6 heteroatoms. The highest BCUT2D eigenvalue weighted by atomic mass is 16.5. The van der Waals surface area contributed by atoms with Gasteiger partial charge in [0.15, 0.2) is 0 Å². The number of rotatable bonds is 6. The van der Waals surface area contributed by atoms with Gasteiger partial charge in [0.25, 0.3) is 5.91 Å². The van der Waals surface area contributed by atoms with E-state index in [-0.39, 0.29) is 31.0 Å². The average Bonchev–Trinajstić information content (AvgIpc) is 2.75. The average molecular weight is 292 g/mol. The Morgan fingerprint density at radius 3 is 2.62 bits per heavy atom. The van der Waals surface area contributed by atoms with E-state index in [0.29, 0.717) is 11.5 Å². The molecule has 1 atom stereocenters. The topological polar surface area (TPSA) is 67.9 Å². The monoisotopic (exact) mass is 292 g/mol. The molecule has 1 aliphatic rings. The van der Waals surface area contributed by atoms with E-state index < -0.39 is 6.04 Å². The molecule has 1 aromatic carbocycles. The number of amides is 3. The summed E-state index contributed by atoms with van der Waals surface area (Å²) in [6, 6.07) is 6.39. The van der Waals surface area contributed by atoms with Gasteiger partial charge >= 0.3 is 6.03 Å². The largest absolute Gasteiger partial charge is 0.497 e. The zero-order valence-corrected chi connectivity index (χ0v) is 12.5. The number of carbonyl (C=O) groups is 2. The number of benzene rings is 1. The maximum Gasteiger partial charge on any atom is 0.324 e. The zero-order chi connectivity index (χ0) is 15.4. The zero-order valence-electron chi connectivity index (χ0n) is 12.5. The van der Waals surface area contributed by atoms with Crippen LogP contribution in [0.5, 0.6) is 11.5 Å². The standard InChI is InChI=1S/C15H20N2O4/c1-10(2)13-14(18)17(15(19)16-13)7-8-21-12-6-4-5-11(9-12)20-3/h4-6,9-10,13H,7-8H2,1-3H3,(H,16,19)/t13-/m0/s1. The molecular weight excluding hydrogens is 272 g/mol. The molecule has 114 valence electrons. The van der Waals surface area contributed by atoms with E-state index in [1.165, 1.54) is 4.90 Å². The number of hydrogen-bond donors (Lipinski definition) is 1. The predicted molar refractivity (Wildman–Crippen MR) is 77.4 cm³/mol. The highest BCUT2D eigenvalue weighted by Gasteiger charge is 2.39. The molecular formula is C15H20N2O4. The first-order valence-corrected chi connectivity index (χ1v) is 6.91. The lowest BCUT2D eigenvalue weighted by atomic mass is 10.1. The van der Waals surface area contributed by atoms with Crippen molar-refractivity contribution in [1.82, 2.24) is 10.2 Å². The fourth-order valence-corrected chi connectivity index (χ4v) is 2.15. The molecule has 1 fully saturated rings. The summed E-state index contributed by atoms with van der Waals surface area (Å²) in [5, 5.41) is 2.68. The molecule has 21 heavy (non-hydrogen) atoms. The van der Waals surface area contributed by atoms with Crippen LogP contribution in [0, 0.1) is 5.92 Å². The van der Waals surface area contributed by atoms with Gasteiger partial charge in [0, 0.05) is 6.07 Å². The highest BCUT2D eigenvalue weighted by Crippen LogP contribution is 2.19. The molecule has 1 N–H and O–H groups in total. The summed E-state index contributed by atoms with van der Waals surface area (Å²) >= 11 is 0. The molecule has 1 heterocycles. The maximum atomic E-state index is 12.1. The van der Waals surface area contributed by atoms with Crippen LogP contribution in [0.15, 0.2) is 24.3 Å². The van der Waals surface area contributed by atoms with Crippen LogP contribution >= 0.6 is 0 Å². The number of nitrogens with one attached hydrogen (secondary N) is 1. The second-order valence-electron chi connectivity index (χ2n) is 5.19. The summed E-state index contributed by atoms with van der Waals surface area (Å²) in [4.78, 5) is 25.0. The second kappa shape index (κ2) is 6.47. The number of hydrogen-bond acceptors (Lipinski definition) is 4. The van der Waals surface area contributed by atoms with Gasteiger partial charge in [-0.25, -0.2) is 4.79 Å². The number of imide groups is 1. The number of carbonyl (C=O) groups excluding carboxylic acids is 2. The number of nitrogens with zero attached hydrogens (tertiary/aromatic N) is 1. The van der Waals surface area contributed by atoms with Crippen molar-refractivity contribution >= 4 is 11.9 Å². The van der Waals surface area contributed by atoms with Crippen molar-refractivity contribution in [1.29, 1.82) is 0 Å². The van der Waals surface area contributed by atoms with E-state index in [1.807, 2.05) is 26.0 Å². The van der Waals surface area contributed by atoms with Crippen LogP contribution in [0.3, 0.4) is 0 Å². The minimum absolute atomic E-state index is 0.0748. The van der Waals surface area contributed by atoms with Gasteiger partial charge in [-0.3, -0.25) is 9.69 Å². The van der Waals surface area contributed by atoms with E-state index >= 15 is 0 Å². The van der Waals surface area contributed by atoms with Gasteiger partial charge in [-0.05, 0) is 18.1 Å². The van der Waals surface area contributed by atoms with Gasteiger partial charge in [-0.2, -0.15) is 0 Å². The van der Waals surface area contributed by atoms with Crippen LogP contribution in [0.1, 0.15) is 13.8 Å². The molecule has 0 aromatic heterocycles. The smallest absolute Gasteiger partial charge is 0.324 e. The van der Waals surface area contributed by atoms with Crippen molar-refractivity contribution in [2.45, 2.75) is 19.9 Å². The third-order valence-electron chi connectivity index (χ3n) is 3.35. The molecule has 3 amide bonds. The SMILES string of the molecule is COc1cccc(OCCN2C(=O)N[C@@H](C(C)C)C2=O)c1. The lowest BCUT2D eigenvalue weighted by Gasteiger charge is -2.15. The number of ether oxygens (including phenoxy) is 2. The van der Waals surface area contributed by atoms with E-state index in [2.05, 4.69) is 5.32 Å². The molecule has 0 radical (unpaired) electrons. The van der Waals surface area contributed by atoms with Crippen molar-refractivity contribution in [3.8, 4) is 11.5 Å². The fourth-order valence-electron chi connectivity index (χ4n) is 2.15.